The molecule has 1 heterocycles. The van der Waals surface area contributed by atoms with Crippen LogP contribution in [0.4, 0.5) is 0 Å². The number of methoxy groups -OCH3 is 1. The number of ether oxygens (including phenoxy) is 1. The number of phenols is 1. The summed E-state index contributed by atoms with van der Waals surface area (Å²) in [5, 5.41) is 16.7. The number of benzene rings is 2. The number of H-pyrrole nitrogens is 1. The highest BCUT2D eigenvalue weighted by atomic mass is 16.5. The number of primary amides is 1. The Bertz CT molecular complexity index is 962. The van der Waals surface area contributed by atoms with E-state index in [9.17, 15) is 9.90 Å². The topological polar surface area (TPSA) is 101 Å². The number of aromatic amines is 1. The molecular formula is C22H25N3O3. The summed E-state index contributed by atoms with van der Waals surface area (Å²) in [6, 6.07) is 13.1. The van der Waals surface area contributed by atoms with Crippen LogP contribution in [0.1, 0.15) is 38.4 Å². The van der Waals surface area contributed by atoms with Crippen LogP contribution in [-0.4, -0.2) is 28.3 Å². The molecule has 0 spiro atoms. The molecule has 6 nitrogen and oxygen atoms in total. The van der Waals surface area contributed by atoms with E-state index in [2.05, 4.69) is 16.3 Å². The Kier molecular flexibility index (Phi) is 5.99. The predicted molar refractivity (Wildman–Crippen MR) is 108 cm³/mol. The fourth-order valence-corrected chi connectivity index (χ4v) is 3.29. The summed E-state index contributed by atoms with van der Waals surface area (Å²) >= 11 is 0. The molecule has 3 aromatic rings. The molecule has 0 saturated heterocycles. The van der Waals surface area contributed by atoms with E-state index >= 15 is 0 Å². The molecule has 3 rings (SSSR count). The van der Waals surface area contributed by atoms with Gasteiger partial charge in [-0.2, -0.15) is 5.10 Å². The first-order valence-corrected chi connectivity index (χ1v) is 9.25. The maximum atomic E-state index is 12.0. The second kappa shape index (κ2) is 8.61. The van der Waals surface area contributed by atoms with Crippen molar-refractivity contribution in [2.45, 2.75) is 32.6 Å². The van der Waals surface area contributed by atoms with Gasteiger partial charge in [0.15, 0.2) is 0 Å². The summed E-state index contributed by atoms with van der Waals surface area (Å²) in [7, 11) is 1.66. The van der Waals surface area contributed by atoms with E-state index in [0.717, 1.165) is 41.0 Å². The summed E-state index contributed by atoms with van der Waals surface area (Å²) in [6.07, 6.45) is 2.69. The van der Waals surface area contributed by atoms with Gasteiger partial charge in [-0.3, -0.25) is 9.89 Å². The maximum Gasteiger partial charge on any atom is 0.252 e. The van der Waals surface area contributed by atoms with Crippen molar-refractivity contribution in [1.82, 2.24) is 10.2 Å². The molecule has 2 aromatic carbocycles. The number of nitrogens with one attached hydrogen (secondary N) is 1. The van der Waals surface area contributed by atoms with Crippen molar-refractivity contribution in [1.29, 1.82) is 0 Å². The van der Waals surface area contributed by atoms with Crippen LogP contribution in [0, 0.1) is 6.92 Å². The van der Waals surface area contributed by atoms with Crippen molar-refractivity contribution < 1.29 is 14.6 Å². The smallest absolute Gasteiger partial charge is 0.252 e. The molecule has 0 aliphatic heterocycles. The highest BCUT2D eigenvalue weighted by molar-refractivity contribution is 5.95. The van der Waals surface area contributed by atoms with Crippen LogP contribution in [-0.2, 0) is 25.7 Å². The highest BCUT2D eigenvalue weighted by Gasteiger charge is 2.18. The van der Waals surface area contributed by atoms with Crippen molar-refractivity contribution in [2.75, 3.05) is 7.11 Å². The minimum Gasteiger partial charge on any atom is -0.508 e. The molecule has 4 N–H and O–H groups in total. The van der Waals surface area contributed by atoms with Crippen molar-refractivity contribution in [3.63, 3.8) is 0 Å². The zero-order chi connectivity index (χ0) is 20.1. The van der Waals surface area contributed by atoms with E-state index in [0.29, 0.717) is 24.1 Å². The van der Waals surface area contributed by atoms with Gasteiger partial charge >= 0.3 is 0 Å². The van der Waals surface area contributed by atoms with Gasteiger partial charge in [-0.05, 0) is 67.5 Å². The second-order valence-corrected chi connectivity index (χ2v) is 6.86. The fourth-order valence-electron chi connectivity index (χ4n) is 3.29. The number of nitrogens with zero attached hydrogens (tertiary/aromatic N) is 1. The van der Waals surface area contributed by atoms with Gasteiger partial charge in [0.05, 0.1) is 18.4 Å². The van der Waals surface area contributed by atoms with Crippen LogP contribution in [0.5, 0.6) is 11.5 Å². The number of hydrogen-bond acceptors (Lipinski definition) is 4. The summed E-state index contributed by atoms with van der Waals surface area (Å²) < 4.78 is 5.37. The molecule has 0 atom stereocenters. The molecular weight excluding hydrogens is 354 g/mol. The van der Waals surface area contributed by atoms with E-state index in [4.69, 9.17) is 10.5 Å². The van der Waals surface area contributed by atoms with E-state index in [-0.39, 0.29) is 5.75 Å². The minimum absolute atomic E-state index is 0.234. The van der Waals surface area contributed by atoms with Crippen LogP contribution in [0.15, 0.2) is 42.5 Å². The SMILES string of the molecule is COc1cc(CCc2n[nH]c(CCc3ccc(O)cc3)c2C(N)=O)ccc1C. The Morgan fingerprint density at radius 3 is 2.43 bits per heavy atom. The third kappa shape index (κ3) is 4.52. The number of phenolic OH excluding ortho intramolecular Hbond substituents is 1. The average Bonchev–Trinajstić information content (AvgIpc) is 3.10. The summed E-state index contributed by atoms with van der Waals surface area (Å²) in [4.78, 5) is 12.0. The standard InChI is InChI=1S/C22H25N3O3/c1-14-3-4-16(13-20(14)28-2)8-12-19-21(22(23)27)18(24-25-19)11-7-15-5-9-17(26)10-6-15/h3-6,9-10,13,26H,7-8,11-12H2,1-2H3,(H2,23,27)(H,24,25). The maximum absolute atomic E-state index is 12.0. The quantitative estimate of drug-likeness (QED) is 0.560. The molecule has 28 heavy (non-hydrogen) atoms. The Labute approximate surface area is 164 Å². The zero-order valence-electron chi connectivity index (χ0n) is 16.2. The van der Waals surface area contributed by atoms with Crippen molar-refractivity contribution >= 4 is 5.91 Å². The average molecular weight is 379 g/mol. The molecule has 1 amide bonds. The van der Waals surface area contributed by atoms with Gasteiger partial charge in [0.1, 0.15) is 11.5 Å². The van der Waals surface area contributed by atoms with Crippen molar-refractivity contribution in [2.24, 2.45) is 5.73 Å². The third-order valence-corrected chi connectivity index (χ3v) is 4.89. The molecule has 0 unspecified atom stereocenters. The molecule has 6 heteroatoms. The lowest BCUT2D eigenvalue weighted by molar-refractivity contribution is 0.0998. The Hall–Kier alpha value is -3.28. The molecule has 0 radical (unpaired) electrons. The molecule has 0 fully saturated rings. The number of aromatic hydroxyl groups is 1. The van der Waals surface area contributed by atoms with Gasteiger partial charge in [-0.25, -0.2) is 0 Å². The normalized spacial score (nSPS) is 10.8. The van der Waals surface area contributed by atoms with Gasteiger partial charge in [-0.1, -0.05) is 24.3 Å². The first-order valence-electron chi connectivity index (χ1n) is 9.25. The number of carbonyl (C=O) groups is 1. The number of aromatic nitrogens is 2. The number of rotatable bonds is 8. The van der Waals surface area contributed by atoms with Crippen molar-refractivity contribution in [3.05, 3.63) is 76.1 Å². The van der Waals surface area contributed by atoms with Gasteiger partial charge < -0.3 is 15.6 Å². The Balaban J connectivity index is 1.71. The molecule has 0 aliphatic rings. The number of hydrogen-bond donors (Lipinski definition) is 3. The summed E-state index contributed by atoms with van der Waals surface area (Å²) in [5.41, 5.74) is 10.8. The second-order valence-electron chi connectivity index (χ2n) is 6.86. The number of nitrogens with two attached hydrogens (primary N) is 1. The zero-order valence-corrected chi connectivity index (χ0v) is 16.2. The van der Waals surface area contributed by atoms with E-state index in [1.165, 1.54) is 0 Å². The molecule has 0 bridgehead atoms. The third-order valence-electron chi connectivity index (χ3n) is 4.89. The van der Waals surface area contributed by atoms with Crippen LogP contribution in [0.25, 0.3) is 0 Å². The molecule has 0 saturated carbocycles. The Morgan fingerprint density at radius 2 is 1.75 bits per heavy atom. The van der Waals surface area contributed by atoms with Crippen molar-refractivity contribution in [3.8, 4) is 11.5 Å². The highest BCUT2D eigenvalue weighted by Crippen LogP contribution is 2.21. The van der Waals surface area contributed by atoms with Gasteiger partial charge in [0, 0.05) is 5.69 Å². The number of carbonyl (C=O) groups excluding carboxylic acids is 1. The predicted octanol–water partition coefficient (Wildman–Crippen LogP) is 3.10. The van der Waals surface area contributed by atoms with Crippen LogP contribution < -0.4 is 10.5 Å². The fraction of sp³-hybridized carbons (Fsp3) is 0.273. The first kappa shape index (κ1) is 19.5. The molecule has 146 valence electrons. The number of aryl methyl sites for hydroxylation is 5. The number of amides is 1. The summed E-state index contributed by atoms with van der Waals surface area (Å²) in [6.45, 7) is 2.00. The summed E-state index contributed by atoms with van der Waals surface area (Å²) in [5.74, 6) is 0.619. The first-order chi connectivity index (χ1) is 13.5. The van der Waals surface area contributed by atoms with E-state index in [1.54, 1.807) is 19.2 Å². The molecule has 0 aliphatic carbocycles. The van der Waals surface area contributed by atoms with Crippen LogP contribution in [0.3, 0.4) is 0 Å². The monoisotopic (exact) mass is 379 g/mol. The molecule has 1 aromatic heterocycles. The lowest BCUT2D eigenvalue weighted by Gasteiger charge is -2.08. The van der Waals surface area contributed by atoms with Crippen LogP contribution >= 0.6 is 0 Å². The van der Waals surface area contributed by atoms with Gasteiger partial charge in [0.25, 0.3) is 5.91 Å². The lowest BCUT2D eigenvalue weighted by atomic mass is 10.0. The van der Waals surface area contributed by atoms with Gasteiger partial charge in [0.2, 0.25) is 0 Å². The van der Waals surface area contributed by atoms with Gasteiger partial charge in [-0.15, -0.1) is 0 Å². The Morgan fingerprint density at radius 1 is 1.07 bits per heavy atom. The van der Waals surface area contributed by atoms with E-state index in [1.807, 2.05) is 31.2 Å². The largest absolute Gasteiger partial charge is 0.508 e. The minimum atomic E-state index is -0.467. The van der Waals surface area contributed by atoms with Crippen LogP contribution in [0.2, 0.25) is 0 Å². The van der Waals surface area contributed by atoms with E-state index < -0.39 is 5.91 Å². The lowest BCUT2D eigenvalue weighted by Crippen LogP contribution is -2.15.